The fourth-order valence-corrected chi connectivity index (χ4v) is 3.37. The zero-order valence-corrected chi connectivity index (χ0v) is 17.8. The molecule has 3 aromatic rings. The Hall–Kier alpha value is -3.26. The van der Waals surface area contributed by atoms with Crippen LogP contribution in [0.5, 0.6) is 0 Å². The Morgan fingerprint density at radius 3 is 2.53 bits per heavy atom. The van der Waals surface area contributed by atoms with Crippen LogP contribution in [0.4, 0.5) is 0 Å². The number of aromatic amines is 1. The van der Waals surface area contributed by atoms with Crippen LogP contribution < -0.4 is 10.9 Å². The highest BCUT2D eigenvalue weighted by molar-refractivity contribution is 7.71. The molecule has 8 heteroatoms. The second-order valence-electron chi connectivity index (χ2n) is 7.04. The van der Waals surface area contributed by atoms with Crippen LogP contribution in [-0.4, -0.2) is 34.6 Å². The van der Waals surface area contributed by atoms with Crippen LogP contribution in [0, 0.1) is 4.77 Å². The molecule has 0 fully saturated rings. The van der Waals surface area contributed by atoms with Gasteiger partial charge in [0, 0.05) is 6.04 Å². The third-order valence-electron chi connectivity index (χ3n) is 4.90. The van der Waals surface area contributed by atoms with E-state index in [9.17, 15) is 14.4 Å². The minimum absolute atomic E-state index is 0.0429. The molecule has 1 heterocycles. The minimum atomic E-state index is -0.492. The van der Waals surface area contributed by atoms with Crippen molar-refractivity contribution in [2.24, 2.45) is 0 Å². The number of esters is 1. The van der Waals surface area contributed by atoms with E-state index >= 15 is 0 Å². The maximum absolute atomic E-state index is 13.0. The molecule has 1 aromatic heterocycles. The molecule has 30 heavy (non-hydrogen) atoms. The summed E-state index contributed by atoms with van der Waals surface area (Å²) < 4.78 is 6.31. The zero-order valence-electron chi connectivity index (χ0n) is 17.0. The molecule has 1 unspecified atom stereocenters. The summed E-state index contributed by atoms with van der Waals surface area (Å²) >= 11 is 5.38. The van der Waals surface area contributed by atoms with Crippen LogP contribution in [0.2, 0.25) is 0 Å². The lowest BCUT2D eigenvalue weighted by Crippen LogP contribution is -2.33. The molecule has 0 radical (unpaired) electrons. The predicted octanol–water partition coefficient (Wildman–Crippen LogP) is 3.29. The van der Waals surface area contributed by atoms with Crippen LogP contribution in [0.3, 0.4) is 0 Å². The molecule has 156 valence electrons. The molecule has 7 nitrogen and oxygen atoms in total. The highest BCUT2D eigenvalue weighted by Crippen LogP contribution is 2.15. The van der Waals surface area contributed by atoms with Gasteiger partial charge in [0.05, 0.1) is 35.7 Å². The van der Waals surface area contributed by atoms with Gasteiger partial charge in [-0.25, -0.2) is 4.79 Å². The highest BCUT2D eigenvalue weighted by Gasteiger charge is 2.12. The number of hydrogen-bond donors (Lipinski definition) is 2. The Morgan fingerprint density at radius 2 is 1.90 bits per heavy atom. The molecule has 3 rings (SSSR count). The molecule has 0 bridgehead atoms. The van der Waals surface area contributed by atoms with E-state index in [-0.39, 0.29) is 28.7 Å². The summed E-state index contributed by atoms with van der Waals surface area (Å²) in [5.41, 5.74) is 1.92. The Labute approximate surface area is 178 Å². The van der Waals surface area contributed by atoms with Crippen molar-refractivity contribution >= 4 is 35.0 Å². The number of fused-ring (bicyclic) bond motifs is 1. The lowest BCUT2D eigenvalue weighted by Gasteiger charge is -2.12. The van der Waals surface area contributed by atoms with E-state index in [4.69, 9.17) is 17.0 Å². The second-order valence-corrected chi connectivity index (χ2v) is 7.43. The van der Waals surface area contributed by atoms with Crippen molar-refractivity contribution in [3.63, 3.8) is 0 Å². The first kappa shape index (κ1) is 21.4. The number of H-pyrrole nitrogens is 1. The van der Waals surface area contributed by atoms with Gasteiger partial charge in [-0.05, 0) is 61.5 Å². The maximum Gasteiger partial charge on any atom is 0.337 e. The van der Waals surface area contributed by atoms with Gasteiger partial charge in [-0.3, -0.25) is 14.2 Å². The van der Waals surface area contributed by atoms with Crippen LogP contribution in [0.1, 0.15) is 36.2 Å². The second kappa shape index (κ2) is 9.04. The molecule has 0 saturated heterocycles. The third-order valence-corrected chi connectivity index (χ3v) is 5.18. The molecule has 1 atom stereocenters. The molecule has 1 amide bonds. The number of rotatable bonds is 6. The Kier molecular flexibility index (Phi) is 6.47. The summed E-state index contributed by atoms with van der Waals surface area (Å²) in [6, 6.07) is 11.9. The van der Waals surface area contributed by atoms with E-state index in [2.05, 4.69) is 10.3 Å². The number of ether oxygens (including phenoxy) is 1. The van der Waals surface area contributed by atoms with E-state index in [1.807, 2.05) is 13.8 Å². The molecular weight excluding hydrogens is 402 g/mol. The average Bonchev–Trinajstić information content (AvgIpc) is 2.73. The lowest BCUT2D eigenvalue weighted by atomic mass is 10.1. The van der Waals surface area contributed by atoms with Crippen LogP contribution in [-0.2, 0) is 16.0 Å². The van der Waals surface area contributed by atoms with E-state index in [1.54, 1.807) is 36.4 Å². The number of carbonyl (C=O) groups excluding carboxylic acids is 2. The van der Waals surface area contributed by atoms with Gasteiger partial charge in [0.2, 0.25) is 5.91 Å². The van der Waals surface area contributed by atoms with Crippen molar-refractivity contribution in [1.29, 1.82) is 0 Å². The monoisotopic (exact) mass is 425 g/mol. The number of amides is 1. The number of aromatic nitrogens is 2. The van der Waals surface area contributed by atoms with E-state index in [0.717, 1.165) is 12.0 Å². The van der Waals surface area contributed by atoms with E-state index < -0.39 is 5.97 Å². The standard InChI is InChI=1S/C22H23N3O4S/c1-4-13(2)23-19(26)11-14-5-8-16(9-6-14)25-20(27)17-10-7-15(21(28)29-3)12-18(17)24-22(25)30/h5-10,12-13H,4,11H2,1-3H3,(H,23,26)(H,24,30). The number of methoxy groups -OCH3 is 1. The molecule has 2 aromatic carbocycles. The van der Waals surface area contributed by atoms with E-state index in [1.165, 1.54) is 17.7 Å². The average molecular weight is 426 g/mol. The number of hydrogen-bond acceptors (Lipinski definition) is 5. The van der Waals surface area contributed by atoms with Crippen LogP contribution in [0.25, 0.3) is 16.6 Å². The van der Waals surface area contributed by atoms with E-state index in [0.29, 0.717) is 22.2 Å². The van der Waals surface area contributed by atoms with Gasteiger partial charge in [0.25, 0.3) is 5.56 Å². The topological polar surface area (TPSA) is 93.2 Å². The van der Waals surface area contributed by atoms with Crippen molar-refractivity contribution in [3.05, 3.63) is 68.7 Å². The lowest BCUT2D eigenvalue weighted by molar-refractivity contribution is -0.121. The van der Waals surface area contributed by atoms with Gasteiger partial charge in [-0.15, -0.1) is 0 Å². The number of carbonyl (C=O) groups is 2. The smallest absolute Gasteiger partial charge is 0.337 e. The molecular formula is C22H23N3O4S. The number of nitrogens with zero attached hydrogens (tertiary/aromatic N) is 1. The van der Waals surface area contributed by atoms with Gasteiger partial charge in [-0.1, -0.05) is 19.1 Å². The Balaban J connectivity index is 1.93. The van der Waals surface area contributed by atoms with Gasteiger partial charge in [-0.2, -0.15) is 0 Å². The highest BCUT2D eigenvalue weighted by atomic mass is 32.1. The van der Waals surface area contributed by atoms with Crippen molar-refractivity contribution in [3.8, 4) is 5.69 Å². The molecule has 0 aliphatic carbocycles. The van der Waals surface area contributed by atoms with Gasteiger partial charge in [0.1, 0.15) is 0 Å². The zero-order chi connectivity index (χ0) is 21.8. The normalized spacial score (nSPS) is 11.8. The van der Waals surface area contributed by atoms with Gasteiger partial charge in [0.15, 0.2) is 4.77 Å². The fourth-order valence-electron chi connectivity index (χ4n) is 3.07. The number of benzene rings is 2. The SMILES string of the molecule is CCC(C)NC(=O)Cc1ccc(-n2c(=S)[nH]c3cc(C(=O)OC)ccc3c2=O)cc1. The molecule has 0 aliphatic rings. The minimum Gasteiger partial charge on any atom is -0.465 e. The van der Waals surface area contributed by atoms with Crippen molar-refractivity contribution < 1.29 is 14.3 Å². The summed E-state index contributed by atoms with van der Waals surface area (Å²) in [4.78, 5) is 39.8. The Bertz CT molecular complexity index is 1210. The van der Waals surface area contributed by atoms with Crippen LogP contribution >= 0.6 is 12.2 Å². The summed E-state index contributed by atoms with van der Waals surface area (Å²) in [6.07, 6.45) is 1.13. The quantitative estimate of drug-likeness (QED) is 0.467. The first-order valence-electron chi connectivity index (χ1n) is 9.60. The summed E-state index contributed by atoms with van der Waals surface area (Å²) in [6.45, 7) is 3.98. The summed E-state index contributed by atoms with van der Waals surface area (Å²) in [5.74, 6) is -0.535. The first-order chi connectivity index (χ1) is 14.3. The maximum atomic E-state index is 13.0. The van der Waals surface area contributed by atoms with Crippen molar-refractivity contribution in [2.45, 2.75) is 32.7 Å². The first-order valence-corrected chi connectivity index (χ1v) is 10.0. The van der Waals surface area contributed by atoms with Gasteiger partial charge < -0.3 is 15.0 Å². The van der Waals surface area contributed by atoms with Crippen LogP contribution in [0.15, 0.2) is 47.3 Å². The number of nitrogens with one attached hydrogen (secondary N) is 2. The largest absolute Gasteiger partial charge is 0.465 e. The van der Waals surface area contributed by atoms with Crippen molar-refractivity contribution in [2.75, 3.05) is 7.11 Å². The molecule has 0 saturated carbocycles. The molecule has 0 aliphatic heterocycles. The third kappa shape index (κ3) is 4.49. The summed E-state index contributed by atoms with van der Waals surface area (Å²) in [7, 11) is 1.30. The van der Waals surface area contributed by atoms with Crippen molar-refractivity contribution in [1.82, 2.24) is 14.9 Å². The molecule has 2 N–H and O–H groups in total. The fraction of sp³-hybridized carbons (Fsp3) is 0.273. The summed E-state index contributed by atoms with van der Waals surface area (Å²) in [5, 5.41) is 3.33. The Morgan fingerprint density at radius 1 is 1.20 bits per heavy atom. The van der Waals surface area contributed by atoms with Gasteiger partial charge >= 0.3 is 5.97 Å². The predicted molar refractivity (Wildman–Crippen MR) is 118 cm³/mol. The molecule has 0 spiro atoms.